The van der Waals surface area contributed by atoms with Crippen LogP contribution in [0.4, 0.5) is 15.8 Å². The van der Waals surface area contributed by atoms with E-state index in [1.807, 2.05) is 20.8 Å². The van der Waals surface area contributed by atoms with Gasteiger partial charge in [0.15, 0.2) is 11.6 Å². The molecule has 0 aliphatic heterocycles. The van der Waals surface area contributed by atoms with Gasteiger partial charge in [0.05, 0.1) is 16.4 Å². The predicted molar refractivity (Wildman–Crippen MR) is 106 cm³/mol. The molecule has 1 atom stereocenters. The van der Waals surface area contributed by atoms with Crippen molar-refractivity contribution in [3.63, 3.8) is 0 Å². The zero-order valence-electron chi connectivity index (χ0n) is 16.1. The Labute approximate surface area is 172 Å². The highest BCUT2D eigenvalue weighted by atomic mass is 35.5. The van der Waals surface area contributed by atoms with Crippen LogP contribution < -0.4 is 4.74 Å². The summed E-state index contributed by atoms with van der Waals surface area (Å²) in [5.41, 5.74) is 0.358. The van der Waals surface area contributed by atoms with Gasteiger partial charge < -0.3 is 4.74 Å². The van der Waals surface area contributed by atoms with Gasteiger partial charge in [-0.25, -0.2) is 9.37 Å². The number of benzene rings is 2. The van der Waals surface area contributed by atoms with Crippen LogP contribution in [0, 0.1) is 11.2 Å². The first-order chi connectivity index (χ1) is 13.7. The summed E-state index contributed by atoms with van der Waals surface area (Å²) in [5, 5.41) is 14.6. The second kappa shape index (κ2) is 8.48. The zero-order chi connectivity index (χ0) is 21.0. The molecule has 2 aromatic carbocycles. The van der Waals surface area contributed by atoms with Crippen molar-refractivity contribution in [3.8, 4) is 5.75 Å². The monoisotopic (exact) mass is 415 g/mol. The smallest absolute Gasteiger partial charge is 0.216 e. The number of nitrogens with one attached hydrogen (secondary N) is 1. The number of rotatable bonds is 6. The van der Waals surface area contributed by atoms with E-state index in [4.69, 9.17) is 16.3 Å². The average Bonchev–Trinajstić information content (AvgIpc) is 3.21. The molecule has 1 aromatic heterocycles. The number of halogens is 2. The molecule has 0 aliphatic rings. The molecule has 1 N–H and O–H groups in total. The number of H-pyrrole nitrogens is 1. The lowest BCUT2D eigenvalue weighted by Gasteiger charge is -2.23. The number of aromatic nitrogens is 3. The molecule has 0 spiro atoms. The fourth-order valence-electron chi connectivity index (χ4n) is 2.36. The maximum Gasteiger partial charge on any atom is 0.216 e. The van der Waals surface area contributed by atoms with Gasteiger partial charge in [-0.05, 0) is 42.5 Å². The van der Waals surface area contributed by atoms with E-state index in [0.717, 1.165) is 0 Å². The molecule has 0 aliphatic carbocycles. The van der Waals surface area contributed by atoms with Crippen molar-refractivity contribution in [2.24, 2.45) is 15.6 Å². The third-order valence-electron chi connectivity index (χ3n) is 3.93. The van der Waals surface area contributed by atoms with E-state index in [9.17, 15) is 9.18 Å². The van der Waals surface area contributed by atoms with Gasteiger partial charge in [-0.1, -0.05) is 32.4 Å². The Hall–Kier alpha value is -3.13. The van der Waals surface area contributed by atoms with Crippen LogP contribution in [0.25, 0.3) is 0 Å². The topological polar surface area (TPSA) is 92.6 Å². The van der Waals surface area contributed by atoms with Gasteiger partial charge in [0, 0.05) is 5.41 Å². The highest BCUT2D eigenvalue weighted by molar-refractivity contribution is 6.31. The molecular weight excluding hydrogens is 397 g/mol. The molecule has 1 unspecified atom stereocenters. The second-order valence-corrected chi connectivity index (χ2v) is 7.68. The minimum absolute atomic E-state index is 0.0211. The minimum atomic E-state index is -0.911. The number of carbonyl (C=O) groups excluding carboxylic acids is 1. The minimum Gasteiger partial charge on any atom is -0.475 e. The molecule has 0 saturated heterocycles. The number of hydrogen-bond acceptors (Lipinski definition) is 6. The first-order valence-electron chi connectivity index (χ1n) is 8.77. The molecular formula is C20H19ClFN5O2. The zero-order valence-corrected chi connectivity index (χ0v) is 16.8. The summed E-state index contributed by atoms with van der Waals surface area (Å²) in [5.74, 6) is 0.152. The third kappa shape index (κ3) is 5.23. The Balaban J connectivity index is 1.75. The molecule has 29 heavy (non-hydrogen) atoms. The summed E-state index contributed by atoms with van der Waals surface area (Å²) in [6.07, 6.45) is 0.415. The highest BCUT2D eigenvalue weighted by Gasteiger charge is 2.34. The average molecular weight is 416 g/mol. The van der Waals surface area contributed by atoms with Crippen LogP contribution in [0.2, 0.25) is 5.02 Å². The van der Waals surface area contributed by atoms with Gasteiger partial charge in [-0.3, -0.25) is 9.89 Å². The van der Waals surface area contributed by atoms with Crippen molar-refractivity contribution in [2.75, 3.05) is 0 Å². The molecule has 3 aromatic rings. The number of azo groups is 1. The first-order valence-corrected chi connectivity index (χ1v) is 9.15. The molecule has 1 heterocycles. The van der Waals surface area contributed by atoms with Gasteiger partial charge in [0.1, 0.15) is 17.9 Å². The van der Waals surface area contributed by atoms with Crippen molar-refractivity contribution in [3.05, 3.63) is 65.5 Å². The Morgan fingerprint density at radius 3 is 2.38 bits per heavy atom. The van der Waals surface area contributed by atoms with Crippen molar-refractivity contribution in [1.82, 2.24) is 15.2 Å². The summed E-state index contributed by atoms with van der Waals surface area (Å²) >= 11 is 5.73. The SMILES string of the molecule is CC(C)(C)C(=O)C(Oc1ccc(N=Nc2ccc(F)c(Cl)c2)cc1)c1ncn[nH]1. The fourth-order valence-corrected chi connectivity index (χ4v) is 2.53. The molecule has 0 fully saturated rings. The molecule has 7 nitrogen and oxygen atoms in total. The summed E-state index contributed by atoms with van der Waals surface area (Å²) in [6, 6.07) is 10.8. The Morgan fingerprint density at radius 2 is 1.79 bits per heavy atom. The number of hydrogen-bond donors (Lipinski definition) is 1. The van der Waals surface area contributed by atoms with E-state index in [2.05, 4.69) is 25.4 Å². The lowest BCUT2D eigenvalue weighted by atomic mass is 9.87. The molecule has 0 radical (unpaired) electrons. The van der Waals surface area contributed by atoms with Gasteiger partial charge in [-0.2, -0.15) is 15.3 Å². The number of nitrogens with zero attached hydrogens (tertiary/aromatic N) is 4. The van der Waals surface area contributed by atoms with E-state index in [-0.39, 0.29) is 10.8 Å². The summed E-state index contributed by atoms with van der Waals surface area (Å²) in [7, 11) is 0. The van der Waals surface area contributed by atoms with Gasteiger partial charge >= 0.3 is 0 Å². The fraction of sp³-hybridized carbons (Fsp3) is 0.250. The van der Waals surface area contributed by atoms with Crippen LogP contribution >= 0.6 is 11.6 Å². The van der Waals surface area contributed by atoms with Crippen LogP contribution in [0.3, 0.4) is 0 Å². The third-order valence-corrected chi connectivity index (χ3v) is 4.22. The Morgan fingerprint density at radius 1 is 1.14 bits per heavy atom. The van der Waals surface area contributed by atoms with E-state index >= 15 is 0 Å². The van der Waals surface area contributed by atoms with Crippen LogP contribution in [0.15, 0.2) is 59.0 Å². The van der Waals surface area contributed by atoms with Crippen LogP contribution in [0.5, 0.6) is 5.75 Å². The maximum absolute atomic E-state index is 13.2. The number of ether oxygens (including phenoxy) is 1. The standard InChI is InChI=1S/C20H19ClFN5O2/c1-20(2,3)18(28)17(19-23-11-24-27-19)29-14-7-4-12(5-8-14)25-26-13-6-9-16(22)15(21)10-13/h4-11,17H,1-3H3,(H,23,24,27). The largest absolute Gasteiger partial charge is 0.475 e. The lowest BCUT2D eigenvalue weighted by molar-refractivity contribution is -0.134. The van der Waals surface area contributed by atoms with Crippen molar-refractivity contribution in [1.29, 1.82) is 0 Å². The quantitative estimate of drug-likeness (QED) is 0.519. The van der Waals surface area contributed by atoms with Crippen molar-refractivity contribution >= 4 is 28.8 Å². The molecule has 150 valence electrons. The Bertz CT molecular complexity index is 1010. The van der Waals surface area contributed by atoms with Crippen molar-refractivity contribution < 1.29 is 13.9 Å². The number of Topliss-reactive ketones (excluding diaryl/α,β-unsaturated/α-hetero) is 1. The summed E-state index contributed by atoms with van der Waals surface area (Å²) in [6.45, 7) is 5.44. The second-order valence-electron chi connectivity index (χ2n) is 7.28. The number of carbonyl (C=O) groups is 1. The van der Waals surface area contributed by atoms with Crippen LogP contribution in [0.1, 0.15) is 32.7 Å². The maximum atomic E-state index is 13.2. The van der Waals surface area contributed by atoms with Crippen LogP contribution in [-0.2, 0) is 4.79 Å². The van der Waals surface area contributed by atoms with E-state index in [1.54, 1.807) is 24.3 Å². The number of ketones is 1. The summed E-state index contributed by atoms with van der Waals surface area (Å²) < 4.78 is 19.1. The molecule has 9 heteroatoms. The van der Waals surface area contributed by atoms with Gasteiger partial charge in [0.25, 0.3) is 0 Å². The molecule has 3 rings (SSSR count). The molecule has 0 saturated carbocycles. The molecule has 0 amide bonds. The number of aromatic amines is 1. The van der Waals surface area contributed by atoms with E-state index in [0.29, 0.717) is 22.9 Å². The van der Waals surface area contributed by atoms with Crippen LogP contribution in [-0.4, -0.2) is 21.0 Å². The predicted octanol–water partition coefficient (Wildman–Crippen LogP) is 5.75. The Kier molecular flexibility index (Phi) is 6.03. The highest BCUT2D eigenvalue weighted by Crippen LogP contribution is 2.30. The van der Waals surface area contributed by atoms with Gasteiger partial charge in [-0.15, -0.1) is 0 Å². The normalized spacial score (nSPS) is 12.9. The van der Waals surface area contributed by atoms with Crippen molar-refractivity contribution in [2.45, 2.75) is 26.9 Å². The van der Waals surface area contributed by atoms with Gasteiger partial charge in [0.2, 0.25) is 6.10 Å². The summed E-state index contributed by atoms with van der Waals surface area (Å²) in [4.78, 5) is 16.8. The van der Waals surface area contributed by atoms with E-state index in [1.165, 1.54) is 24.5 Å². The lowest BCUT2D eigenvalue weighted by Crippen LogP contribution is -2.31. The van der Waals surface area contributed by atoms with E-state index < -0.39 is 17.3 Å². The first kappa shape index (κ1) is 20.6. The molecule has 0 bridgehead atoms.